The largest absolute Gasteiger partial charge is 0.487 e. The lowest BCUT2D eigenvalue weighted by Gasteiger charge is -2.50. The normalized spacial score (nSPS) is 24.0. The van der Waals surface area contributed by atoms with E-state index >= 15 is 0 Å². The molecular formula is C32H41NO5. The van der Waals surface area contributed by atoms with Gasteiger partial charge in [-0.3, -0.25) is 9.59 Å². The number of amides is 1. The van der Waals surface area contributed by atoms with Crippen molar-refractivity contribution in [2.45, 2.75) is 84.5 Å². The lowest BCUT2D eigenvalue weighted by molar-refractivity contribution is -0.152. The van der Waals surface area contributed by atoms with Gasteiger partial charge in [-0.2, -0.15) is 0 Å². The molecule has 0 aliphatic carbocycles. The molecule has 4 atom stereocenters. The molecule has 2 aromatic carbocycles. The second kappa shape index (κ2) is 11.7. The van der Waals surface area contributed by atoms with Crippen molar-refractivity contribution in [1.82, 2.24) is 4.90 Å². The summed E-state index contributed by atoms with van der Waals surface area (Å²) in [6.07, 6.45) is 6.61. The summed E-state index contributed by atoms with van der Waals surface area (Å²) in [5.41, 5.74) is 4.50. The van der Waals surface area contributed by atoms with Crippen molar-refractivity contribution in [2.24, 2.45) is 5.92 Å². The number of aryl methyl sites for hydroxylation is 1. The zero-order chi connectivity index (χ0) is 27.4. The molecule has 1 fully saturated rings. The molecule has 2 aromatic rings. The van der Waals surface area contributed by atoms with Gasteiger partial charge in [-0.1, -0.05) is 41.5 Å². The average Bonchev–Trinajstić information content (AvgIpc) is 2.85. The summed E-state index contributed by atoms with van der Waals surface area (Å²) in [5.74, 6) is -0.389. The third-order valence-electron chi connectivity index (χ3n) is 7.88. The standard InChI is InChI=1S/C32H41NO5/c1-21(2)8-7-16-32(5)27-13-11-23(4)37-30(27)26-19-25(12-14-28(26)38-32)31(36)33(20-29(34)35)17-15-24-10-6-9-22(3)18-24/h6,8-10,12,14,18-19,23,27,30H,7,11,13,15-17,20H2,1-5H3,(H,34,35)/t23-,27-,30+,32-/m1/s1. The Hall–Kier alpha value is -3.12. The van der Waals surface area contributed by atoms with Crippen molar-refractivity contribution >= 4 is 11.9 Å². The maximum atomic E-state index is 13.6. The predicted octanol–water partition coefficient (Wildman–Crippen LogP) is 6.52. The van der Waals surface area contributed by atoms with Crippen molar-refractivity contribution in [3.63, 3.8) is 0 Å². The van der Waals surface area contributed by atoms with Crippen LogP contribution in [0.4, 0.5) is 0 Å². The molecule has 1 saturated heterocycles. The quantitative estimate of drug-likeness (QED) is 0.382. The van der Waals surface area contributed by atoms with Gasteiger partial charge in [0.15, 0.2) is 0 Å². The van der Waals surface area contributed by atoms with E-state index in [2.05, 4.69) is 39.8 Å². The molecule has 38 heavy (non-hydrogen) atoms. The van der Waals surface area contributed by atoms with Gasteiger partial charge in [0.05, 0.1) is 12.2 Å². The first kappa shape index (κ1) is 27.9. The molecule has 0 radical (unpaired) electrons. The second-order valence-electron chi connectivity index (χ2n) is 11.4. The maximum Gasteiger partial charge on any atom is 0.323 e. The minimum Gasteiger partial charge on any atom is -0.487 e. The number of carbonyl (C=O) groups is 2. The molecule has 2 heterocycles. The minimum absolute atomic E-state index is 0.126. The number of carboxylic acids is 1. The smallest absolute Gasteiger partial charge is 0.323 e. The van der Waals surface area contributed by atoms with E-state index in [0.717, 1.165) is 48.1 Å². The van der Waals surface area contributed by atoms with E-state index in [4.69, 9.17) is 9.47 Å². The second-order valence-corrected chi connectivity index (χ2v) is 11.4. The number of benzene rings is 2. The Kier molecular flexibility index (Phi) is 8.61. The topological polar surface area (TPSA) is 76.1 Å². The van der Waals surface area contributed by atoms with Crippen LogP contribution in [-0.2, 0) is 16.0 Å². The third kappa shape index (κ3) is 6.47. The van der Waals surface area contributed by atoms with Gasteiger partial charge in [0, 0.05) is 23.6 Å². The van der Waals surface area contributed by atoms with Gasteiger partial charge in [0.1, 0.15) is 17.9 Å². The summed E-state index contributed by atoms with van der Waals surface area (Å²) in [6, 6.07) is 13.6. The number of carbonyl (C=O) groups excluding carboxylic acids is 1. The number of ether oxygens (including phenoxy) is 2. The van der Waals surface area contributed by atoms with Crippen LogP contribution in [0.3, 0.4) is 0 Å². The van der Waals surface area contributed by atoms with Crippen LogP contribution in [0.2, 0.25) is 0 Å². The fraction of sp³-hybridized carbons (Fsp3) is 0.500. The van der Waals surface area contributed by atoms with Crippen LogP contribution in [0.15, 0.2) is 54.1 Å². The number of fused-ring (bicyclic) bond motifs is 3. The summed E-state index contributed by atoms with van der Waals surface area (Å²) in [6.45, 7) is 10.5. The maximum absolute atomic E-state index is 13.6. The van der Waals surface area contributed by atoms with Crippen LogP contribution in [0.25, 0.3) is 0 Å². The zero-order valence-corrected chi connectivity index (χ0v) is 23.3. The molecule has 6 heteroatoms. The number of hydrogen-bond donors (Lipinski definition) is 1. The molecular weight excluding hydrogens is 478 g/mol. The molecule has 1 N–H and O–H groups in total. The van der Waals surface area contributed by atoms with E-state index in [9.17, 15) is 14.7 Å². The summed E-state index contributed by atoms with van der Waals surface area (Å²) >= 11 is 0. The van der Waals surface area contributed by atoms with Gasteiger partial charge in [-0.05, 0) is 90.5 Å². The highest BCUT2D eigenvalue weighted by atomic mass is 16.5. The highest BCUT2D eigenvalue weighted by Crippen LogP contribution is 2.52. The molecule has 0 bridgehead atoms. The van der Waals surface area contributed by atoms with Crippen LogP contribution in [0.5, 0.6) is 5.75 Å². The summed E-state index contributed by atoms with van der Waals surface area (Å²) in [5, 5.41) is 9.52. The minimum atomic E-state index is -1.03. The lowest BCUT2D eigenvalue weighted by atomic mass is 9.72. The monoisotopic (exact) mass is 519 g/mol. The third-order valence-corrected chi connectivity index (χ3v) is 7.88. The lowest BCUT2D eigenvalue weighted by Crippen LogP contribution is -2.50. The van der Waals surface area contributed by atoms with E-state index in [0.29, 0.717) is 18.5 Å². The fourth-order valence-corrected chi connectivity index (χ4v) is 5.83. The Morgan fingerprint density at radius 3 is 2.66 bits per heavy atom. The van der Waals surface area contributed by atoms with Crippen molar-refractivity contribution in [3.8, 4) is 5.75 Å². The first-order chi connectivity index (χ1) is 18.1. The highest BCUT2D eigenvalue weighted by Gasteiger charge is 2.49. The Balaban J connectivity index is 1.60. The highest BCUT2D eigenvalue weighted by molar-refractivity contribution is 5.96. The molecule has 0 saturated carbocycles. The van der Waals surface area contributed by atoms with Gasteiger partial charge in [0.25, 0.3) is 5.91 Å². The van der Waals surface area contributed by atoms with Gasteiger partial charge < -0.3 is 19.5 Å². The first-order valence-corrected chi connectivity index (χ1v) is 13.7. The van der Waals surface area contributed by atoms with Crippen LogP contribution in [-0.4, -0.2) is 46.7 Å². The van der Waals surface area contributed by atoms with E-state index in [1.807, 2.05) is 37.3 Å². The molecule has 0 aromatic heterocycles. The molecule has 204 valence electrons. The van der Waals surface area contributed by atoms with Crippen LogP contribution >= 0.6 is 0 Å². The van der Waals surface area contributed by atoms with Crippen LogP contribution < -0.4 is 4.74 Å². The number of allylic oxidation sites excluding steroid dienone is 2. The summed E-state index contributed by atoms with van der Waals surface area (Å²) in [4.78, 5) is 26.6. The Morgan fingerprint density at radius 1 is 1.16 bits per heavy atom. The van der Waals surface area contributed by atoms with Gasteiger partial charge in [-0.25, -0.2) is 0 Å². The molecule has 6 nitrogen and oxygen atoms in total. The Morgan fingerprint density at radius 2 is 1.95 bits per heavy atom. The number of nitrogens with zero attached hydrogens (tertiary/aromatic N) is 1. The summed E-state index contributed by atoms with van der Waals surface area (Å²) in [7, 11) is 0. The molecule has 2 aliphatic rings. The SMILES string of the molecule is CC(C)=CCC[C@@]1(C)Oc2ccc(C(=O)N(CCc3cccc(C)c3)CC(=O)O)cc2[C@@H]2O[C@H](C)CC[C@H]21. The Labute approximate surface area is 226 Å². The number of hydrogen-bond acceptors (Lipinski definition) is 4. The van der Waals surface area contributed by atoms with Crippen molar-refractivity contribution in [2.75, 3.05) is 13.1 Å². The van der Waals surface area contributed by atoms with Gasteiger partial charge in [0.2, 0.25) is 0 Å². The molecule has 0 spiro atoms. The van der Waals surface area contributed by atoms with E-state index in [1.54, 1.807) is 6.07 Å². The van der Waals surface area contributed by atoms with Crippen LogP contribution in [0.1, 0.15) is 86.5 Å². The fourth-order valence-electron chi connectivity index (χ4n) is 5.83. The zero-order valence-electron chi connectivity index (χ0n) is 23.3. The molecule has 2 aliphatic heterocycles. The van der Waals surface area contributed by atoms with Crippen molar-refractivity contribution in [1.29, 1.82) is 0 Å². The van der Waals surface area contributed by atoms with Crippen LogP contribution in [0, 0.1) is 12.8 Å². The van der Waals surface area contributed by atoms with Crippen molar-refractivity contribution < 1.29 is 24.2 Å². The summed E-state index contributed by atoms with van der Waals surface area (Å²) < 4.78 is 13.2. The van der Waals surface area contributed by atoms with E-state index < -0.39 is 5.97 Å². The van der Waals surface area contributed by atoms with E-state index in [-0.39, 0.29) is 36.2 Å². The van der Waals surface area contributed by atoms with E-state index in [1.165, 1.54) is 10.5 Å². The molecule has 4 rings (SSSR count). The number of aliphatic carboxylic acids is 1. The average molecular weight is 520 g/mol. The molecule has 1 amide bonds. The predicted molar refractivity (Wildman–Crippen MR) is 149 cm³/mol. The van der Waals surface area contributed by atoms with Gasteiger partial charge in [-0.15, -0.1) is 0 Å². The van der Waals surface area contributed by atoms with Gasteiger partial charge >= 0.3 is 5.97 Å². The number of rotatable bonds is 9. The molecule has 0 unspecified atom stereocenters. The van der Waals surface area contributed by atoms with Crippen molar-refractivity contribution in [3.05, 3.63) is 76.4 Å². The first-order valence-electron chi connectivity index (χ1n) is 13.7. The Bertz CT molecular complexity index is 1200. The number of carboxylic acid groups (broad SMARTS) is 1.